The molecule has 1 amide bonds. The van der Waals surface area contributed by atoms with Crippen LogP contribution in [-0.2, 0) is 35.1 Å². The highest BCUT2D eigenvalue weighted by Crippen LogP contribution is 2.25. The molecule has 0 saturated heterocycles. The molecule has 0 bridgehead atoms. The summed E-state index contributed by atoms with van der Waals surface area (Å²) in [6, 6.07) is 6.40. The molecule has 0 heterocycles. The van der Waals surface area contributed by atoms with Crippen LogP contribution in [0.3, 0.4) is 0 Å². The Bertz CT molecular complexity index is 1150. The van der Waals surface area contributed by atoms with E-state index in [0.29, 0.717) is 18.4 Å². The van der Waals surface area contributed by atoms with E-state index in [-0.39, 0.29) is 37.2 Å². The van der Waals surface area contributed by atoms with E-state index < -0.39 is 23.7 Å². The molecule has 2 aromatic rings. The number of carbonyl (C=O) groups excluding carboxylic acids is 4. The van der Waals surface area contributed by atoms with E-state index in [1.54, 1.807) is 12.1 Å². The van der Waals surface area contributed by atoms with Crippen LogP contribution in [0.25, 0.3) is 0 Å². The third kappa shape index (κ3) is 15.2. The Morgan fingerprint density at radius 1 is 0.846 bits per heavy atom. The second-order valence-electron chi connectivity index (χ2n) is 8.17. The highest BCUT2D eigenvalue weighted by Gasteiger charge is 2.17. The molecule has 8 nitrogen and oxygen atoms in total. The van der Waals surface area contributed by atoms with Gasteiger partial charge in [-0.05, 0) is 107 Å². The minimum atomic E-state index is -0.562. The van der Waals surface area contributed by atoms with Crippen LogP contribution in [-0.4, -0.2) is 48.7 Å². The van der Waals surface area contributed by atoms with Crippen LogP contribution >= 0.6 is 45.2 Å². The Morgan fingerprint density at radius 2 is 1.36 bits per heavy atom. The molecule has 39 heavy (non-hydrogen) atoms. The lowest BCUT2D eigenvalue weighted by atomic mass is 10.1. The standard InChI is InChI=1S/C13H15FINO3.C10H12FIO.C4H6O3/c1-8-6-13(11(14)7-12(8)15)16(9(2)17)4-5-19-10(3)18;1-7-5-8(3-2-4-13)9(11)6-10(7)12;1-3(5)7-4(2)6/h6-7H,4-5H2,1-3H3;5-6,13H,2-4H2,1H3;1-2H3. The van der Waals surface area contributed by atoms with Crippen molar-refractivity contribution in [3.05, 3.63) is 59.7 Å². The number of ether oxygens (including phenoxy) is 2. The summed E-state index contributed by atoms with van der Waals surface area (Å²) >= 11 is 4.15. The van der Waals surface area contributed by atoms with E-state index in [2.05, 4.69) is 27.3 Å². The van der Waals surface area contributed by atoms with E-state index in [1.807, 2.05) is 42.5 Å². The van der Waals surface area contributed by atoms with Gasteiger partial charge in [-0.2, -0.15) is 0 Å². The molecule has 2 rings (SSSR count). The van der Waals surface area contributed by atoms with E-state index in [0.717, 1.165) is 18.3 Å². The topological polar surface area (TPSA) is 110 Å². The zero-order valence-corrected chi connectivity index (χ0v) is 27.0. The van der Waals surface area contributed by atoms with E-state index in [4.69, 9.17) is 9.84 Å². The first-order valence-electron chi connectivity index (χ1n) is 11.7. The van der Waals surface area contributed by atoms with Crippen molar-refractivity contribution in [3.8, 4) is 0 Å². The molecule has 0 atom stereocenters. The van der Waals surface area contributed by atoms with E-state index in [9.17, 15) is 28.0 Å². The number of rotatable bonds is 7. The summed E-state index contributed by atoms with van der Waals surface area (Å²) in [7, 11) is 0. The van der Waals surface area contributed by atoms with E-state index >= 15 is 0 Å². The number of amides is 1. The summed E-state index contributed by atoms with van der Waals surface area (Å²) in [6.45, 7) is 9.09. The van der Waals surface area contributed by atoms with Crippen molar-refractivity contribution >= 4 is 74.7 Å². The van der Waals surface area contributed by atoms with Gasteiger partial charge in [0.05, 0.1) is 12.2 Å². The SMILES string of the molecule is CC(=O)OC(C)=O.CC(=O)OCCN(C(C)=O)c1cc(C)c(I)cc1F.Cc1cc(CCCO)c(F)cc1I. The lowest BCUT2D eigenvalue weighted by Gasteiger charge is -2.22. The third-order valence-electron chi connectivity index (χ3n) is 4.74. The van der Waals surface area contributed by atoms with Crippen LogP contribution in [0, 0.1) is 32.6 Å². The molecule has 216 valence electrons. The van der Waals surface area contributed by atoms with Gasteiger partial charge in [0.2, 0.25) is 5.91 Å². The number of anilines is 1. The van der Waals surface area contributed by atoms with Crippen molar-refractivity contribution in [1.29, 1.82) is 0 Å². The molecule has 0 spiro atoms. The largest absolute Gasteiger partial charge is 0.464 e. The molecule has 0 aliphatic rings. The lowest BCUT2D eigenvalue weighted by molar-refractivity contribution is -0.156. The molecule has 1 N–H and O–H groups in total. The van der Waals surface area contributed by atoms with Crippen LogP contribution in [0.4, 0.5) is 14.5 Å². The van der Waals surface area contributed by atoms with Gasteiger partial charge in [0, 0.05) is 41.4 Å². The van der Waals surface area contributed by atoms with Crippen molar-refractivity contribution in [2.24, 2.45) is 0 Å². The molecule has 12 heteroatoms. The molecule has 0 aliphatic carbocycles. The van der Waals surface area contributed by atoms with Crippen LogP contribution in [0.1, 0.15) is 50.8 Å². The highest BCUT2D eigenvalue weighted by molar-refractivity contribution is 14.1. The summed E-state index contributed by atoms with van der Waals surface area (Å²) in [5, 5.41) is 8.62. The molecule has 2 aromatic carbocycles. The predicted octanol–water partition coefficient (Wildman–Crippen LogP) is 5.41. The van der Waals surface area contributed by atoms with E-state index in [1.165, 1.54) is 38.7 Å². The first kappa shape index (κ1) is 36.8. The quantitative estimate of drug-likeness (QED) is 0.228. The zero-order chi connectivity index (χ0) is 30.3. The average molecular weight is 775 g/mol. The van der Waals surface area contributed by atoms with Gasteiger partial charge in [-0.25, -0.2) is 8.78 Å². The molecule has 0 aliphatic heterocycles. The van der Waals surface area contributed by atoms with Gasteiger partial charge in [-0.15, -0.1) is 0 Å². The molecular weight excluding hydrogens is 742 g/mol. The van der Waals surface area contributed by atoms with Crippen molar-refractivity contribution < 1.29 is 42.5 Å². The summed E-state index contributed by atoms with van der Waals surface area (Å²) in [5.41, 5.74) is 2.88. The zero-order valence-electron chi connectivity index (χ0n) is 22.7. The van der Waals surface area contributed by atoms with Gasteiger partial charge < -0.3 is 19.5 Å². The van der Waals surface area contributed by atoms with Gasteiger partial charge in [-0.1, -0.05) is 6.07 Å². The Labute approximate surface area is 254 Å². The molecule has 0 fully saturated rings. The summed E-state index contributed by atoms with van der Waals surface area (Å²) in [5.74, 6) is -2.48. The van der Waals surface area contributed by atoms with Gasteiger partial charge in [0.1, 0.15) is 18.2 Å². The van der Waals surface area contributed by atoms with Crippen LogP contribution < -0.4 is 4.90 Å². The summed E-state index contributed by atoms with van der Waals surface area (Å²) < 4.78 is 37.7. The molecule has 0 saturated carbocycles. The van der Waals surface area contributed by atoms with Crippen molar-refractivity contribution in [1.82, 2.24) is 0 Å². The number of carbonyl (C=O) groups is 4. The molecule has 0 unspecified atom stereocenters. The monoisotopic (exact) mass is 775 g/mol. The first-order chi connectivity index (χ1) is 18.1. The van der Waals surface area contributed by atoms with Crippen LogP contribution in [0.2, 0.25) is 0 Å². The number of hydrogen-bond acceptors (Lipinski definition) is 7. The summed E-state index contributed by atoms with van der Waals surface area (Å²) in [6.07, 6.45) is 1.23. The number of aliphatic hydroxyl groups excluding tert-OH is 1. The minimum Gasteiger partial charge on any atom is -0.464 e. The summed E-state index contributed by atoms with van der Waals surface area (Å²) in [4.78, 5) is 43.2. The molecule has 0 radical (unpaired) electrons. The maximum Gasteiger partial charge on any atom is 0.310 e. The van der Waals surface area contributed by atoms with Crippen LogP contribution in [0.5, 0.6) is 0 Å². The van der Waals surface area contributed by atoms with Crippen LogP contribution in [0.15, 0.2) is 24.3 Å². The number of benzene rings is 2. The predicted molar refractivity (Wildman–Crippen MR) is 160 cm³/mol. The Morgan fingerprint density at radius 3 is 1.79 bits per heavy atom. The Balaban J connectivity index is 0.000000622. The third-order valence-corrected chi connectivity index (χ3v) is 7.06. The van der Waals surface area contributed by atoms with Gasteiger partial charge in [0.15, 0.2) is 0 Å². The maximum absolute atomic E-state index is 13.9. The number of aliphatic hydroxyl groups is 1. The fraction of sp³-hybridized carbons (Fsp3) is 0.407. The fourth-order valence-corrected chi connectivity index (χ4v) is 3.82. The number of halogens is 4. The molecule has 0 aromatic heterocycles. The number of hydrogen-bond donors (Lipinski definition) is 1. The maximum atomic E-state index is 13.9. The normalized spacial score (nSPS) is 9.82. The highest BCUT2D eigenvalue weighted by atomic mass is 127. The van der Waals surface area contributed by atoms with Crippen molar-refractivity contribution in [2.75, 3.05) is 24.7 Å². The number of esters is 3. The van der Waals surface area contributed by atoms with Gasteiger partial charge in [0.25, 0.3) is 0 Å². The number of nitrogens with zero attached hydrogens (tertiary/aromatic N) is 1. The van der Waals surface area contributed by atoms with Crippen molar-refractivity contribution in [2.45, 2.75) is 54.4 Å². The first-order valence-corrected chi connectivity index (χ1v) is 13.9. The second kappa shape index (κ2) is 19.0. The number of aryl methyl sites for hydroxylation is 3. The smallest absolute Gasteiger partial charge is 0.310 e. The van der Waals surface area contributed by atoms with Gasteiger partial charge in [-0.3, -0.25) is 19.2 Å². The fourth-order valence-electron chi connectivity index (χ4n) is 2.96. The Hall–Kier alpha value is -2.20. The average Bonchev–Trinajstić information content (AvgIpc) is 2.80. The molecular formula is C27H33F2I2NO7. The minimum absolute atomic E-state index is 0.0411. The van der Waals surface area contributed by atoms with Gasteiger partial charge >= 0.3 is 17.9 Å². The second-order valence-corrected chi connectivity index (χ2v) is 10.5. The Kier molecular flexibility index (Phi) is 17.9. The lowest BCUT2D eigenvalue weighted by Crippen LogP contribution is -2.33. The van der Waals surface area contributed by atoms with Crippen molar-refractivity contribution in [3.63, 3.8) is 0 Å².